The molecule has 1 aliphatic heterocycles. The first kappa shape index (κ1) is 10.8. The first-order chi connectivity index (χ1) is 9.40. The van der Waals surface area contributed by atoms with Crippen LogP contribution in [0.2, 0.25) is 0 Å². The van der Waals surface area contributed by atoms with Gasteiger partial charge in [-0.15, -0.1) is 0 Å². The molecule has 96 valence electrons. The molecular weight excluding hydrogens is 242 g/mol. The second-order valence-corrected chi connectivity index (χ2v) is 4.79. The average Bonchev–Trinajstić information content (AvgIpc) is 3.17. The number of hydrogen-bond donors (Lipinski definition) is 1. The minimum absolute atomic E-state index is 0.325. The molecule has 1 atom stereocenters. The lowest BCUT2D eigenvalue weighted by Gasteiger charge is -1.98. The third-order valence-corrected chi connectivity index (χ3v) is 3.50. The van der Waals surface area contributed by atoms with Gasteiger partial charge < -0.3 is 14.3 Å². The molecule has 5 heteroatoms. The summed E-state index contributed by atoms with van der Waals surface area (Å²) < 4.78 is 11.1. The van der Waals surface area contributed by atoms with E-state index in [-0.39, 0.29) is 0 Å². The van der Waals surface area contributed by atoms with Crippen LogP contribution in [0.5, 0.6) is 0 Å². The Hall–Kier alpha value is -2.14. The summed E-state index contributed by atoms with van der Waals surface area (Å²) in [5, 5.41) is 8.36. The number of benzene rings is 1. The molecule has 2 aromatic heterocycles. The van der Waals surface area contributed by atoms with Gasteiger partial charge in [0.25, 0.3) is 0 Å². The Kier molecular flexibility index (Phi) is 2.38. The maximum absolute atomic E-state index is 5.73. The van der Waals surface area contributed by atoms with E-state index in [4.69, 9.17) is 8.94 Å². The summed E-state index contributed by atoms with van der Waals surface area (Å²) >= 11 is 0. The summed E-state index contributed by atoms with van der Waals surface area (Å²) in [5.74, 6) is 2.20. The molecule has 3 aromatic rings. The highest BCUT2D eigenvalue weighted by Gasteiger charge is 2.23. The predicted octanol–water partition coefficient (Wildman–Crippen LogP) is 2.56. The second-order valence-electron chi connectivity index (χ2n) is 4.79. The summed E-state index contributed by atoms with van der Waals surface area (Å²) in [6, 6.07) is 9.80. The fourth-order valence-electron chi connectivity index (χ4n) is 2.46. The number of nitrogens with zero attached hydrogens (tertiary/aromatic N) is 2. The van der Waals surface area contributed by atoms with E-state index in [1.54, 1.807) is 0 Å². The highest BCUT2D eigenvalue weighted by molar-refractivity contribution is 5.81. The van der Waals surface area contributed by atoms with Crippen LogP contribution in [0.3, 0.4) is 0 Å². The molecule has 1 N–H and O–H groups in total. The summed E-state index contributed by atoms with van der Waals surface area (Å²) in [7, 11) is 0. The SMILES string of the molecule is c1ccc2oc(-c3noc(C4CCNC4)n3)cc2c1. The molecule has 3 heterocycles. The van der Waals surface area contributed by atoms with Crippen molar-refractivity contribution in [1.82, 2.24) is 15.5 Å². The smallest absolute Gasteiger partial charge is 0.238 e. The summed E-state index contributed by atoms with van der Waals surface area (Å²) in [6.45, 7) is 1.91. The van der Waals surface area contributed by atoms with Gasteiger partial charge in [0.1, 0.15) is 5.58 Å². The fourth-order valence-corrected chi connectivity index (χ4v) is 2.46. The van der Waals surface area contributed by atoms with E-state index in [2.05, 4.69) is 15.5 Å². The topological polar surface area (TPSA) is 64.1 Å². The van der Waals surface area contributed by atoms with Crippen LogP contribution in [0.1, 0.15) is 18.2 Å². The molecule has 1 aliphatic rings. The minimum atomic E-state index is 0.325. The van der Waals surface area contributed by atoms with Gasteiger partial charge in [-0.2, -0.15) is 4.98 Å². The lowest BCUT2D eigenvalue weighted by atomic mass is 10.1. The zero-order chi connectivity index (χ0) is 12.7. The summed E-state index contributed by atoms with van der Waals surface area (Å²) in [6.07, 6.45) is 1.04. The van der Waals surface area contributed by atoms with E-state index < -0.39 is 0 Å². The van der Waals surface area contributed by atoms with Crippen LogP contribution in [0.15, 0.2) is 39.3 Å². The van der Waals surface area contributed by atoms with Crippen molar-refractivity contribution in [3.05, 3.63) is 36.2 Å². The average molecular weight is 255 g/mol. The normalized spacial score (nSPS) is 19.3. The molecular formula is C14H13N3O2. The van der Waals surface area contributed by atoms with Gasteiger partial charge in [-0.1, -0.05) is 23.4 Å². The quantitative estimate of drug-likeness (QED) is 0.762. The Morgan fingerprint density at radius 1 is 1.26 bits per heavy atom. The number of hydrogen-bond acceptors (Lipinski definition) is 5. The molecule has 0 amide bonds. The van der Waals surface area contributed by atoms with Crippen LogP contribution >= 0.6 is 0 Å². The van der Waals surface area contributed by atoms with Gasteiger partial charge in [-0.25, -0.2) is 0 Å². The van der Waals surface area contributed by atoms with Crippen LogP contribution in [-0.2, 0) is 0 Å². The molecule has 0 aliphatic carbocycles. The first-order valence-corrected chi connectivity index (χ1v) is 6.43. The van der Waals surface area contributed by atoms with Crippen molar-refractivity contribution in [2.75, 3.05) is 13.1 Å². The summed E-state index contributed by atoms with van der Waals surface area (Å²) in [4.78, 5) is 4.45. The van der Waals surface area contributed by atoms with Gasteiger partial charge in [-0.05, 0) is 25.1 Å². The molecule has 0 radical (unpaired) electrons. The Morgan fingerprint density at radius 3 is 3.05 bits per heavy atom. The molecule has 4 rings (SSSR count). The number of aromatic nitrogens is 2. The van der Waals surface area contributed by atoms with Gasteiger partial charge in [0.2, 0.25) is 11.7 Å². The lowest BCUT2D eigenvalue weighted by Crippen LogP contribution is -2.08. The number of rotatable bonds is 2. The van der Waals surface area contributed by atoms with Crippen molar-refractivity contribution < 1.29 is 8.94 Å². The van der Waals surface area contributed by atoms with Crippen molar-refractivity contribution in [3.8, 4) is 11.6 Å². The van der Waals surface area contributed by atoms with Crippen LogP contribution in [-0.4, -0.2) is 23.2 Å². The van der Waals surface area contributed by atoms with Gasteiger partial charge >= 0.3 is 0 Å². The number of nitrogens with one attached hydrogen (secondary N) is 1. The van der Waals surface area contributed by atoms with E-state index in [1.807, 2.05) is 30.3 Å². The Morgan fingerprint density at radius 2 is 2.21 bits per heavy atom. The van der Waals surface area contributed by atoms with Crippen molar-refractivity contribution in [1.29, 1.82) is 0 Å². The predicted molar refractivity (Wildman–Crippen MR) is 69.7 cm³/mol. The van der Waals surface area contributed by atoms with Crippen LogP contribution in [0, 0.1) is 0 Å². The number of fused-ring (bicyclic) bond motifs is 1. The molecule has 1 unspecified atom stereocenters. The Balaban J connectivity index is 1.71. The zero-order valence-electron chi connectivity index (χ0n) is 10.3. The first-order valence-electron chi connectivity index (χ1n) is 6.43. The molecule has 0 saturated carbocycles. The third-order valence-electron chi connectivity index (χ3n) is 3.50. The van der Waals surface area contributed by atoms with Gasteiger partial charge in [0.15, 0.2) is 5.76 Å². The number of furan rings is 1. The van der Waals surface area contributed by atoms with Crippen LogP contribution in [0.25, 0.3) is 22.6 Å². The molecule has 1 aromatic carbocycles. The maximum Gasteiger partial charge on any atom is 0.238 e. The van der Waals surface area contributed by atoms with Crippen LogP contribution in [0.4, 0.5) is 0 Å². The van der Waals surface area contributed by atoms with Crippen molar-refractivity contribution in [2.24, 2.45) is 0 Å². The van der Waals surface area contributed by atoms with Gasteiger partial charge in [0, 0.05) is 11.9 Å². The second kappa shape index (κ2) is 4.20. The molecule has 0 bridgehead atoms. The van der Waals surface area contributed by atoms with E-state index in [1.165, 1.54) is 0 Å². The van der Waals surface area contributed by atoms with Crippen molar-refractivity contribution in [3.63, 3.8) is 0 Å². The fraction of sp³-hybridized carbons (Fsp3) is 0.286. The standard InChI is InChI=1S/C14H13N3O2/c1-2-4-11-9(3-1)7-12(18-11)13-16-14(19-17-13)10-5-6-15-8-10/h1-4,7,10,15H,5-6,8H2. The molecule has 1 saturated heterocycles. The van der Waals surface area contributed by atoms with E-state index in [9.17, 15) is 0 Å². The largest absolute Gasteiger partial charge is 0.453 e. The Labute approximate surface area is 109 Å². The molecule has 19 heavy (non-hydrogen) atoms. The lowest BCUT2D eigenvalue weighted by molar-refractivity contribution is 0.358. The van der Waals surface area contributed by atoms with Crippen LogP contribution < -0.4 is 5.32 Å². The van der Waals surface area contributed by atoms with Gasteiger partial charge in [0.05, 0.1) is 5.92 Å². The monoisotopic (exact) mass is 255 g/mol. The van der Waals surface area contributed by atoms with E-state index >= 15 is 0 Å². The molecule has 1 fully saturated rings. The zero-order valence-corrected chi connectivity index (χ0v) is 10.3. The highest BCUT2D eigenvalue weighted by Crippen LogP contribution is 2.28. The third kappa shape index (κ3) is 1.82. The van der Waals surface area contributed by atoms with Gasteiger partial charge in [-0.3, -0.25) is 0 Å². The molecule has 0 spiro atoms. The highest BCUT2D eigenvalue weighted by atomic mass is 16.5. The summed E-state index contributed by atoms with van der Waals surface area (Å²) in [5.41, 5.74) is 0.839. The molecule has 5 nitrogen and oxygen atoms in total. The maximum atomic E-state index is 5.73. The van der Waals surface area contributed by atoms with Crippen molar-refractivity contribution >= 4 is 11.0 Å². The number of para-hydroxylation sites is 1. The van der Waals surface area contributed by atoms with Crippen molar-refractivity contribution in [2.45, 2.75) is 12.3 Å². The minimum Gasteiger partial charge on any atom is -0.453 e. The van der Waals surface area contributed by atoms with E-state index in [0.717, 1.165) is 30.5 Å². The Bertz CT molecular complexity index is 677. The van der Waals surface area contributed by atoms with E-state index in [0.29, 0.717) is 23.4 Å².